The van der Waals surface area contributed by atoms with Crippen LogP contribution in [0.25, 0.3) is 11.5 Å². The molecule has 35 heavy (non-hydrogen) atoms. The van der Waals surface area contributed by atoms with Gasteiger partial charge >= 0.3 is 0 Å². The molecule has 1 saturated carbocycles. The number of hydrogen-bond donors (Lipinski definition) is 2. The molecule has 2 aromatic heterocycles. The highest BCUT2D eigenvalue weighted by Crippen LogP contribution is 2.44. The van der Waals surface area contributed by atoms with Crippen LogP contribution < -0.4 is 5.32 Å². The summed E-state index contributed by atoms with van der Waals surface area (Å²) in [4.78, 5) is 25.1. The highest BCUT2D eigenvalue weighted by Gasteiger charge is 2.49. The molecule has 0 amide bonds. The number of carbonyl (C=O) groups is 1. The summed E-state index contributed by atoms with van der Waals surface area (Å²) in [5.74, 6) is 1.86. The van der Waals surface area contributed by atoms with Crippen molar-refractivity contribution in [2.75, 3.05) is 31.3 Å². The number of Topliss-reactive ketones (excluding diaryl/α,β-unsaturated/α-hetero) is 1. The summed E-state index contributed by atoms with van der Waals surface area (Å²) in [6.45, 7) is 7.17. The maximum Gasteiger partial charge on any atom is 0.185 e. The third kappa shape index (κ3) is 4.19. The third-order valence-electron chi connectivity index (χ3n) is 7.83. The number of likely N-dealkylation sites (N-methyl/N-ethyl adjacent to an activating group) is 1. The molecule has 0 aromatic carbocycles. The van der Waals surface area contributed by atoms with E-state index >= 15 is 0 Å². The first-order chi connectivity index (χ1) is 17.0. The Hall–Kier alpha value is -2.30. The molecular weight excluding hydrogens is 464 g/mol. The molecule has 2 aliphatic heterocycles. The smallest absolute Gasteiger partial charge is 0.185 e. The van der Waals surface area contributed by atoms with Gasteiger partial charge in [-0.3, -0.25) is 9.69 Å². The molecule has 188 valence electrons. The molecule has 1 unspecified atom stereocenters. The molecule has 10 heteroatoms. The maximum atomic E-state index is 13.0. The van der Waals surface area contributed by atoms with E-state index in [0.717, 1.165) is 44.3 Å². The van der Waals surface area contributed by atoms with E-state index in [1.54, 1.807) is 0 Å². The van der Waals surface area contributed by atoms with Gasteiger partial charge in [-0.05, 0) is 52.0 Å². The van der Waals surface area contributed by atoms with Gasteiger partial charge in [0.25, 0.3) is 0 Å². The molecule has 3 atom stereocenters. The monoisotopic (exact) mass is 498 g/mol. The average Bonchev–Trinajstić information content (AvgIpc) is 3.53. The molecule has 4 heterocycles. The van der Waals surface area contributed by atoms with E-state index in [2.05, 4.69) is 29.2 Å². The number of anilines is 1. The first-order valence-corrected chi connectivity index (χ1v) is 13.8. The zero-order valence-corrected chi connectivity index (χ0v) is 21.5. The number of ether oxygens (including phenoxy) is 1. The van der Waals surface area contributed by atoms with Gasteiger partial charge in [0.05, 0.1) is 24.3 Å². The SMILES string of the molecule is CCN1CCC[C@H]1[C@H](C)Nc1nc(-c2noc3c2COCC32CCCCC2=O)nc(SC)c1C=N. The summed E-state index contributed by atoms with van der Waals surface area (Å²) in [6.07, 6.45) is 8.73. The van der Waals surface area contributed by atoms with Crippen LogP contribution in [0, 0.1) is 5.41 Å². The van der Waals surface area contributed by atoms with Crippen molar-refractivity contribution in [3.63, 3.8) is 0 Å². The van der Waals surface area contributed by atoms with E-state index in [1.807, 2.05) is 6.26 Å². The van der Waals surface area contributed by atoms with E-state index in [-0.39, 0.29) is 11.8 Å². The summed E-state index contributed by atoms with van der Waals surface area (Å²) in [6, 6.07) is 0.575. The molecule has 1 saturated heterocycles. The van der Waals surface area contributed by atoms with Crippen molar-refractivity contribution in [1.82, 2.24) is 20.0 Å². The highest BCUT2D eigenvalue weighted by molar-refractivity contribution is 7.98. The lowest BCUT2D eigenvalue weighted by Crippen LogP contribution is -2.45. The summed E-state index contributed by atoms with van der Waals surface area (Å²) in [7, 11) is 0. The number of ketones is 1. The average molecular weight is 499 g/mol. The van der Waals surface area contributed by atoms with Crippen LogP contribution in [0.4, 0.5) is 5.82 Å². The quantitative estimate of drug-likeness (QED) is 0.331. The topological polar surface area (TPSA) is 117 Å². The van der Waals surface area contributed by atoms with Gasteiger partial charge in [-0.1, -0.05) is 18.5 Å². The van der Waals surface area contributed by atoms with Crippen molar-refractivity contribution in [1.29, 1.82) is 5.41 Å². The lowest BCUT2D eigenvalue weighted by atomic mass is 9.70. The molecule has 2 fully saturated rings. The Labute approximate surface area is 210 Å². The minimum Gasteiger partial charge on any atom is -0.375 e. The summed E-state index contributed by atoms with van der Waals surface area (Å²) >= 11 is 1.47. The first-order valence-electron chi connectivity index (χ1n) is 12.6. The fourth-order valence-corrected chi connectivity index (χ4v) is 6.50. The molecule has 0 radical (unpaired) electrons. The minimum atomic E-state index is -0.740. The molecule has 1 aliphatic carbocycles. The van der Waals surface area contributed by atoms with Crippen molar-refractivity contribution >= 4 is 29.6 Å². The minimum absolute atomic E-state index is 0.159. The van der Waals surface area contributed by atoms with E-state index in [9.17, 15) is 4.79 Å². The van der Waals surface area contributed by atoms with E-state index in [4.69, 9.17) is 24.6 Å². The molecule has 5 rings (SSSR count). The first kappa shape index (κ1) is 24.4. The number of nitrogens with one attached hydrogen (secondary N) is 2. The Morgan fingerprint density at radius 1 is 1.34 bits per heavy atom. The van der Waals surface area contributed by atoms with E-state index in [0.29, 0.717) is 59.4 Å². The number of fused-ring (bicyclic) bond motifs is 2. The van der Waals surface area contributed by atoms with Gasteiger partial charge in [0.15, 0.2) is 17.3 Å². The number of likely N-dealkylation sites (tertiary alicyclic amines) is 1. The number of rotatable bonds is 7. The summed E-state index contributed by atoms with van der Waals surface area (Å²) < 4.78 is 11.8. The number of carbonyl (C=O) groups excluding carboxylic acids is 1. The Bertz CT molecular complexity index is 1120. The number of hydrogen-bond acceptors (Lipinski definition) is 10. The van der Waals surface area contributed by atoms with Crippen LogP contribution in [0.15, 0.2) is 9.55 Å². The second kappa shape index (κ2) is 9.99. The largest absolute Gasteiger partial charge is 0.375 e. The predicted octanol–water partition coefficient (Wildman–Crippen LogP) is 4.05. The van der Waals surface area contributed by atoms with Crippen molar-refractivity contribution in [2.24, 2.45) is 0 Å². The Morgan fingerprint density at radius 3 is 2.94 bits per heavy atom. The van der Waals surface area contributed by atoms with Crippen LogP contribution in [0.1, 0.15) is 69.3 Å². The fraction of sp³-hybridized carbons (Fsp3) is 0.640. The zero-order chi connectivity index (χ0) is 24.6. The molecule has 1 spiro atoms. The van der Waals surface area contributed by atoms with Gasteiger partial charge in [0.2, 0.25) is 0 Å². The Morgan fingerprint density at radius 2 is 2.20 bits per heavy atom. The summed E-state index contributed by atoms with van der Waals surface area (Å²) in [5.41, 5.74) is 1.22. The molecule has 2 aromatic rings. The van der Waals surface area contributed by atoms with Crippen LogP contribution >= 0.6 is 11.8 Å². The van der Waals surface area contributed by atoms with Gasteiger partial charge < -0.3 is 20.0 Å². The number of nitrogens with zero attached hydrogens (tertiary/aromatic N) is 4. The maximum absolute atomic E-state index is 13.0. The predicted molar refractivity (Wildman–Crippen MR) is 135 cm³/mol. The molecule has 0 bridgehead atoms. The van der Waals surface area contributed by atoms with Gasteiger partial charge in [0, 0.05) is 24.7 Å². The van der Waals surface area contributed by atoms with Crippen molar-refractivity contribution < 1.29 is 14.1 Å². The van der Waals surface area contributed by atoms with E-state index in [1.165, 1.54) is 24.4 Å². The van der Waals surface area contributed by atoms with Crippen LogP contribution in [0.2, 0.25) is 0 Å². The van der Waals surface area contributed by atoms with Gasteiger partial charge in [-0.25, -0.2) is 9.97 Å². The Kier molecular flexibility index (Phi) is 6.96. The van der Waals surface area contributed by atoms with Gasteiger partial charge in [0.1, 0.15) is 22.0 Å². The van der Waals surface area contributed by atoms with Crippen molar-refractivity contribution in [2.45, 2.75) is 81.5 Å². The molecule has 2 N–H and O–H groups in total. The molecule has 9 nitrogen and oxygen atoms in total. The van der Waals surface area contributed by atoms with Crippen molar-refractivity contribution in [3.8, 4) is 11.5 Å². The molecule has 3 aliphatic rings. The number of aromatic nitrogens is 3. The van der Waals surface area contributed by atoms with Crippen molar-refractivity contribution in [3.05, 3.63) is 16.9 Å². The Balaban J connectivity index is 1.54. The highest BCUT2D eigenvalue weighted by atomic mass is 32.2. The normalized spacial score (nSPS) is 25.6. The van der Waals surface area contributed by atoms with Crippen LogP contribution in [0.3, 0.4) is 0 Å². The van der Waals surface area contributed by atoms with Gasteiger partial charge in [-0.2, -0.15) is 0 Å². The second-order valence-corrected chi connectivity index (χ2v) is 10.6. The van der Waals surface area contributed by atoms with Crippen LogP contribution in [-0.2, 0) is 21.6 Å². The summed E-state index contributed by atoms with van der Waals surface area (Å²) in [5, 5.41) is 16.7. The van der Waals surface area contributed by atoms with Crippen LogP contribution in [-0.4, -0.2) is 70.1 Å². The standard InChI is InChI=1S/C25H34N6O3S/c1-4-31-11-7-8-18(31)15(2)27-22-16(12-26)24(35-3)29-23(28-22)20-17-13-33-14-25(21(17)34-30-20)10-6-5-9-19(25)32/h12,15,18,26H,4-11,13-14H2,1-3H3,(H,27,28,29)/t15-,18-,25?/m0/s1. The third-order valence-corrected chi connectivity index (χ3v) is 8.53. The second-order valence-electron chi connectivity index (χ2n) is 9.78. The molecular formula is C25H34N6O3S. The lowest BCUT2D eigenvalue weighted by molar-refractivity contribution is -0.132. The van der Waals surface area contributed by atoms with Gasteiger partial charge in [-0.15, -0.1) is 11.8 Å². The fourth-order valence-electron chi connectivity index (χ4n) is 5.94. The van der Waals surface area contributed by atoms with E-state index < -0.39 is 5.41 Å². The lowest BCUT2D eigenvalue weighted by Gasteiger charge is -2.36. The number of thioether (sulfide) groups is 1. The van der Waals surface area contributed by atoms with Crippen LogP contribution in [0.5, 0.6) is 0 Å². The zero-order valence-electron chi connectivity index (χ0n) is 20.7.